The Morgan fingerprint density at radius 2 is 2.04 bits per heavy atom. The number of ketones is 1. The molecule has 1 heterocycles. The summed E-state index contributed by atoms with van der Waals surface area (Å²) in [5, 5.41) is 18.0. The number of benzene rings is 2. The molecule has 3 rings (SSSR count). The van der Waals surface area contributed by atoms with Crippen molar-refractivity contribution in [1.29, 1.82) is 5.26 Å². The van der Waals surface area contributed by atoms with E-state index in [1.54, 1.807) is 0 Å². The third-order valence-corrected chi connectivity index (χ3v) is 3.60. The molecule has 5 nitrogen and oxygen atoms in total. The number of phenolic OH excluding ortho intramolecular Hbond substituents is 1. The number of carbonyl (C=O) groups excluding carboxylic acids is 1. The Labute approximate surface area is 134 Å². The summed E-state index contributed by atoms with van der Waals surface area (Å²) in [6, 6.07) is 8.26. The van der Waals surface area contributed by atoms with Gasteiger partial charge < -0.3 is 5.11 Å². The second kappa shape index (κ2) is 5.63. The van der Waals surface area contributed by atoms with Crippen molar-refractivity contribution in [1.82, 2.24) is 9.97 Å². The standard InChI is InChI=1S/C16H7ClFN3O2/c17-15-13(22)4-2-10(18)14(15)16(23)8-1-3-11-12(5-8)21-9(6-19)7-20-11/h1-5,7,22H. The van der Waals surface area contributed by atoms with Crippen molar-refractivity contribution in [3.05, 3.63) is 64.2 Å². The first kappa shape index (κ1) is 14.9. The van der Waals surface area contributed by atoms with Crippen molar-refractivity contribution in [2.45, 2.75) is 0 Å². The van der Waals surface area contributed by atoms with Gasteiger partial charge in [0.15, 0.2) is 11.5 Å². The molecule has 7 heteroatoms. The first-order chi connectivity index (χ1) is 11.0. The zero-order valence-electron chi connectivity index (χ0n) is 11.4. The molecule has 0 fully saturated rings. The zero-order chi connectivity index (χ0) is 16.6. The largest absolute Gasteiger partial charge is 0.506 e. The van der Waals surface area contributed by atoms with Crippen molar-refractivity contribution in [2.75, 3.05) is 0 Å². The predicted octanol–water partition coefficient (Wildman–Crippen LogP) is 3.23. The number of fused-ring (bicyclic) bond motifs is 1. The number of nitriles is 1. The van der Waals surface area contributed by atoms with Gasteiger partial charge in [-0.05, 0) is 30.3 Å². The first-order valence-electron chi connectivity index (χ1n) is 6.40. The molecule has 0 bridgehead atoms. The van der Waals surface area contributed by atoms with Gasteiger partial charge in [0.25, 0.3) is 0 Å². The molecule has 0 aliphatic heterocycles. The third kappa shape index (κ3) is 2.58. The van der Waals surface area contributed by atoms with Crippen LogP contribution < -0.4 is 0 Å². The van der Waals surface area contributed by atoms with Crippen LogP contribution in [0.3, 0.4) is 0 Å². The van der Waals surface area contributed by atoms with Gasteiger partial charge in [-0.25, -0.2) is 9.37 Å². The van der Waals surface area contributed by atoms with E-state index in [1.165, 1.54) is 24.4 Å². The van der Waals surface area contributed by atoms with Crippen LogP contribution in [0.1, 0.15) is 21.6 Å². The van der Waals surface area contributed by atoms with E-state index in [4.69, 9.17) is 16.9 Å². The van der Waals surface area contributed by atoms with E-state index in [0.717, 1.165) is 12.1 Å². The summed E-state index contributed by atoms with van der Waals surface area (Å²) in [6.07, 6.45) is 1.32. The van der Waals surface area contributed by atoms with Crippen LogP contribution in [0.4, 0.5) is 4.39 Å². The lowest BCUT2D eigenvalue weighted by Gasteiger charge is -2.07. The molecule has 0 aliphatic carbocycles. The van der Waals surface area contributed by atoms with Crippen LogP contribution in [-0.4, -0.2) is 20.9 Å². The maximum absolute atomic E-state index is 13.9. The molecule has 0 saturated carbocycles. The number of aromatic hydroxyl groups is 1. The quantitative estimate of drug-likeness (QED) is 0.730. The number of aromatic nitrogens is 2. The van der Waals surface area contributed by atoms with E-state index in [0.29, 0.717) is 11.0 Å². The summed E-state index contributed by atoms with van der Waals surface area (Å²) in [6.45, 7) is 0. The maximum Gasteiger partial charge on any atom is 0.197 e. The van der Waals surface area contributed by atoms with Gasteiger partial charge in [-0.2, -0.15) is 5.26 Å². The lowest BCUT2D eigenvalue weighted by Crippen LogP contribution is -2.06. The molecule has 1 N–H and O–H groups in total. The minimum Gasteiger partial charge on any atom is -0.506 e. The molecular formula is C16H7ClFN3O2. The monoisotopic (exact) mass is 327 g/mol. The molecule has 0 saturated heterocycles. The number of rotatable bonds is 2. The average Bonchev–Trinajstić information content (AvgIpc) is 2.57. The van der Waals surface area contributed by atoms with E-state index in [9.17, 15) is 14.3 Å². The van der Waals surface area contributed by atoms with Crippen molar-refractivity contribution in [3.63, 3.8) is 0 Å². The molecule has 3 aromatic rings. The first-order valence-corrected chi connectivity index (χ1v) is 6.77. The topological polar surface area (TPSA) is 86.9 Å². The number of halogens is 2. The van der Waals surface area contributed by atoms with Crippen LogP contribution in [-0.2, 0) is 0 Å². The van der Waals surface area contributed by atoms with E-state index >= 15 is 0 Å². The van der Waals surface area contributed by atoms with Crippen LogP contribution >= 0.6 is 11.6 Å². The molecule has 0 aliphatic rings. The van der Waals surface area contributed by atoms with Gasteiger partial charge in [0.2, 0.25) is 0 Å². The molecule has 112 valence electrons. The number of hydrogen-bond donors (Lipinski definition) is 1. The van der Waals surface area contributed by atoms with Gasteiger partial charge in [0.1, 0.15) is 17.6 Å². The van der Waals surface area contributed by atoms with E-state index in [2.05, 4.69) is 9.97 Å². The Morgan fingerprint density at radius 1 is 1.26 bits per heavy atom. The molecule has 0 unspecified atom stereocenters. The summed E-state index contributed by atoms with van der Waals surface area (Å²) in [5.74, 6) is -1.92. The minimum atomic E-state index is -0.838. The second-order valence-electron chi connectivity index (χ2n) is 4.66. The van der Waals surface area contributed by atoms with E-state index in [1.807, 2.05) is 6.07 Å². The number of carbonyl (C=O) groups is 1. The van der Waals surface area contributed by atoms with Crippen LogP contribution in [0.25, 0.3) is 11.0 Å². The summed E-state index contributed by atoms with van der Waals surface area (Å²) in [4.78, 5) is 20.6. The molecule has 1 aromatic heterocycles. The van der Waals surface area contributed by atoms with Gasteiger partial charge in [-0.15, -0.1) is 0 Å². The van der Waals surface area contributed by atoms with Gasteiger partial charge in [-0.1, -0.05) is 11.6 Å². The summed E-state index contributed by atoms with van der Waals surface area (Å²) >= 11 is 5.83. The summed E-state index contributed by atoms with van der Waals surface area (Å²) in [5.41, 5.74) is 0.613. The fourth-order valence-electron chi connectivity index (χ4n) is 2.10. The minimum absolute atomic E-state index is 0.101. The number of hydrogen-bond acceptors (Lipinski definition) is 5. The van der Waals surface area contributed by atoms with Crippen molar-refractivity contribution >= 4 is 28.4 Å². The molecular weight excluding hydrogens is 321 g/mol. The van der Waals surface area contributed by atoms with Crippen LogP contribution in [0.15, 0.2) is 36.5 Å². The van der Waals surface area contributed by atoms with Crippen LogP contribution in [0.5, 0.6) is 5.75 Å². The van der Waals surface area contributed by atoms with E-state index < -0.39 is 17.2 Å². The average molecular weight is 328 g/mol. The van der Waals surface area contributed by atoms with Gasteiger partial charge in [0, 0.05) is 5.56 Å². The second-order valence-corrected chi connectivity index (χ2v) is 5.03. The highest BCUT2D eigenvalue weighted by atomic mass is 35.5. The lowest BCUT2D eigenvalue weighted by molar-refractivity contribution is 0.103. The molecule has 0 atom stereocenters. The highest BCUT2D eigenvalue weighted by molar-refractivity contribution is 6.36. The number of nitrogens with zero attached hydrogens (tertiary/aromatic N) is 3. The third-order valence-electron chi connectivity index (χ3n) is 3.22. The molecule has 23 heavy (non-hydrogen) atoms. The molecule has 2 aromatic carbocycles. The zero-order valence-corrected chi connectivity index (χ0v) is 12.2. The Bertz CT molecular complexity index is 999. The fourth-order valence-corrected chi connectivity index (χ4v) is 2.34. The predicted molar refractivity (Wildman–Crippen MR) is 80.8 cm³/mol. The normalized spacial score (nSPS) is 10.5. The lowest BCUT2D eigenvalue weighted by atomic mass is 10.0. The van der Waals surface area contributed by atoms with Gasteiger partial charge >= 0.3 is 0 Å². The Morgan fingerprint density at radius 3 is 2.78 bits per heavy atom. The Kier molecular flexibility index (Phi) is 3.64. The van der Waals surface area contributed by atoms with Crippen LogP contribution in [0.2, 0.25) is 5.02 Å². The number of phenols is 1. The van der Waals surface area contributed by atoms with E-state index in [-0.39, 0.29) is 22.0 Å². The van der Waals surface area contributed by atoms with Crippen molar-refractivity contribution in [2.24, 2.45) is 0 Å². The highest BCUT2D eigenvalue weighted by Crippen LogP contribution is 2.31. The van der Waals surface area contributed by atoms with Crippen molar-refractivity contribution < 1.29 is 14.3 Å². The van der Waals surface area contributed by atoms with Gasteiger partial charge in [0.05, 0.1) is 27.8 Å². The summed E-state index contributed by atoms with van der Waals surface area (Å²) in [7, 11) is 0. The fraction of sp³-hybridized carbons (Fsp3) is 0. The molecule has 0 spiro atoms. The smallest absolute Gasteiger partial charge is 0.197 e. The Balaban J connectivity index is 2.15. The maximum atomic E-state index is 13.9. The van der Waals surface area contributed by atoms with Crippen LogP contribution in [0, 0.1) is 17.1 Å². The van der Waals surface area contributed by atoms with Gasteiger partial charge in [-0.3, -0.25) is 9.78 Å². The SMILES string of the molecule is N#Cc1cnc2ccc(C(=O)c3c(F)ccc(O)c3Cl)cc2n1. The highest BCUT2D eigenvalue weighted by Gasteiger charge is 2.21. The Hall–Kier alpha value is -3.04. The molecule has 0 radical (unpaired) electrons. The summed E-state index contributed by atoms with van der Waals surface area (Å²) < 4.78 is 13.9. The molecule has 0 amide bonds. The van der Waals surface area contributed by atoms with Crippen molar-refractivity contribution in [3.8, 4) is 11.8 Å².